The van der Waals surface area contributed by atoms with Gasteiger partial charge in [0.1, 0.15) is 0 Å². The minimum Gasteiger partial charge on any atom is -0.333 e. The van der Waals surface area contributed by atoms with Crippen LogP contribution in [0.3, 0.4) is 0 Å². The molecule has 0 saturated heterocycles. The van der Waals surface area contributed by atoms with Crippen molar-refractivity contribution in [3.8, 4) is 22.3 Å². The quantitative estimate of drug-likeness (QED) is 0.188. The first kappa shape index (κ1) is 29.3. The van der Waals surface area contributed by atoms with E-state index in [1.807, 2.05) is 0 Å². The maximum atomic E-state index is 2.52. The molecule has 2 nitrogen and oxygen atoms in total. The van der Waals surface area contributed by atoms with Crippen molar-refractivity contribution in [1.29, 1.82) is 0 Å². The van der Waals surface area contributed by atoms with Crippen LogP contribution in [0, 0.1) is 0 Å². The van der Waals surface area contributed by atoms with Gasteiger partial charge in [-0.3, -0.25) is 0 Å². The fraction of sp³-hybridized carbons (Fsp3) is 0.167. The van der Waals surface area contributed by atoms with Gasteiger partial charge in [-0.1, -0.05) is 137 Å². The summed E-state index contributed by atoms with van der Waals surface area (Å²) >= 11 is 0. The molecule has 242 valence electrons. The molecule has 0 aromatic heterocycles. The highest BCUT2D eigenvalue weighted by atomic mass is 15.2. The largest absolute Gasteiger partial charge is 0.333 e. The van der Waals surface area contributed by atoms with Crippen LogP contribution in [0.5, 0.6) is 0 Å². The highest BCUT2D eigenvalue weighted by molar-refractivity contribution is 5.87. The fourth-order valence-corrected chi connectivity index (χ4v) is 9.48. The van der Waals surface area contributed by atoms with Crippen LogP contribution >= 0.6 is 0 Å². The van der Waals surface area contributed by atoms with Crippen LogP contribution in [0.15, 0.2) is 163 Å². The van der Waals surface area contributed by atoms with E-state index in [0.717, 1.165) is 0 Å². The molecule has 4 aliphatic rings. The molecule has 2 unspecified atom stereocenters. The zero-order chi connectivity index (χ0) is 33.8. The van der Waals surface area contributed by atoms with E-state index in [9.17, 15) is 0 Å². The van der Waals surface area contributed by atoms with Crippen LogP contribution in [0.4, 0.5) is 22.7 Å². The molecule has 10 rings (SSSR count). The lowest BCUT2D eigenvalue weighted by Gasteiger charge is -2.34. The number of anilines is 4. The summed E-state index contributed by atoms with van der Waals surface area (Å²) in [6.07, 6.45) is 7.32. The van der Waals surface area contributed by atoms with E-state index < -0.39 is 0 Å². The average molecular weight is 645 g/mol. The standard InChI is InChI=1S/C48H40N2/c1-47(2)41-19-11-8-16-35(41)37-25-22-33(29-43(37)47)49(34-23-26-38-36-17-9-12-20-42(36)48(3,4)44(38)30-34)32-24-27-46-40(28-32)39-18-10-13-21-45(39)50(46)31-14-6-5-7-15-31/h5-30,40,46H,1-4H3. The maximum Gasteiger partial charge on any atom is 0.0631 e. The second-order valence-corrected chi connectivity index (χ2v) is 15.4. The van der Waals surface area contributed by atoms with Gasteiger partial charge in [0.2, 0.25) is 0 Å². The van der Waals surface area contributed by atoms with Crippen molar-refractivity contribution >= 4 is 22.7 Å². The van der Waals surface area contributed by atoms with Crippen LogP contribution < -0.4 is 9.80 Å². The predicted octanol–water partition coefficient (Wildman–Crippen LogP) is 12.2. The van der Waals surface area contributed by atoms with Crippen LogP contribution in [0.1, 0.15) is 61.4 Å². The lowest BCUT2D eigenvalue weighted by atomic mass is 9.82. The third kappa shape index (κ3) is 4.02. The van der Waals surface area contributed by atoms with Gasteiger partial charge in [0.05, 0.1) is 6.04 Å². The molecule has 0 N–H and O–H groups in total. The molecular weight excluding hydrogens is 605 g/mol. The van der Waals surface area contributed by atoms with Crippen molar-refractivity contribution < 1.29 is 0 Å². The molecule has 2 heteroatoms. The first-order valence-electron chi connectivity index (χ1n) is 17.9. The highest BCUT2D eigenvalue weighted by Crippen LogP contribution is 2.54. The Morgan fingerprint density at radius 3 is 1.66 bits per heavy atom. The fourth-order valence-electron chi connectivity index (χ4n) is 9.48. The first-order chi connectivity index (χ1) is 24.3. The minimum atomic E-state index is -0.0857. The van der Waals surface area contributed by atoms with Crippen LogP contribution in [0.2, 0.25) is 0 Å². The molecule has 3 aliphatic carbocycles. The van der Waals surface area contributed by atoms with E-state index in [1.165, 1.54) is 78.5 Å². The van der Waals surface area contributed by atoms with Gasteiger partial charge in [0.25, 0.3) is 0 Å². The average Bonchev–Trinajstić information content (AvgIpc) is 3.69. The van der Waals surface area contributed by atoms with Crippen molar-refractivity contribution in [2.24, 2.45) is 0 Å². The van der Waals surface area contributed by atoms with Crippen molar-refractivity contribution in [3.05, 3.63) is 191 Å². The Morgan fingerprint density at radius 2 is 1.04 bits per heavy atom. The van der Waals surface area contributed by atoms with Gasteiger partial charge in [0.15, 0.2) is 0 Å². The van der Waals surface area contributed by atoms with Crippen molar-refractivity contribution in [1.82, 2.24) is 0 Å². The summed E-state index contributed by atoms with van der Waals surface area (Å²) in [5.41, 5.74) is 18.3. The molecular formula is C48H40N2. The molecule has 1 aliphatic heterocycles. The Bertz CT molecular complexity index is 2300. The topological polar surface area (TPSA) is 6.48 Å². The zero-order valence-corrected chi connectivity index (χ0v) is 29.1. The lowest BCUT2D eigenvalue weighted by molar-refractivity contribution is 0.659. The SMILES string of the molecule is CC1(C)c2ccccc2-c2ccc(N(C3=CC4c5ccccc5N(c5ccccc5)C4C=C3)c3ccc4c(c3)C(C)(C)c3ccccc3-4)cc21. The number of rotatable bonds is 4. The summed E-state index contributed by atoms with van der Waals surface area (Å²) in [6.45, 7) is 9.50. The number of allylic oxidation sites excluding steroid dienone is 1. The number of benzene rings is 6. The van der Waals surface area contributed by atoms with Gasteiger partial charge in [-0.25, -0.2) is 0 Å². The van der Waals surface area contributed by atoms with Gasteiger partial charge in [0, 0.05) is 45.2 Å². The lowest BCUT2D eigenvalue weighted by Crippen LogP contribution is -2.30. The molecule has 2 atom stereocenters. The zero-order valence-electron chi connectivity index (χ0n) is 29.1. The summed E-state index contributed by atoms with van der Waals surface area (Å²) in [5, 5.41) is 0. The Balaban J connectivity index is 1.15. The van der Waals surface area contributed by atoms with Gasteiger partial charge < -0.3 is 9.80 Å². The van der Waals surface area contributed by atoms with E-state index in [0.29, 0.717) is 0 Å². The second kappa shape index (κ2) is 10.5. The number of nitrogens with zero attached hydrogens (tertiary/aromatic N) is 2. The van der Waals surface area contributed by atoms with E-state index in [1.54, 1.807) is 0 Å². The number of para-hydroxylation sites is 2. The summed E-state index contributed by atoms with van der Waals surface area (Å²) < 4.78 is 0. The Hall–Kier alpha value is -5.60. The third-order valence-electron chi connectivity index (χ3n) is 12.0. The molecule has 6 aromatic rings. The normalized spacial score (nSPS) is 19.5. The minimum absolute atomic E-state index is 0.0857. The van der Waals surface area contributed by atoms with Crippen molar-refractivity contribution in [2.75, 3.05) is 9.80 Å². The first-order valence-corrected chi connectivity index (χ1v) is 17.9. The van der Waals surface area contributed by atoms with Crippen molar-refractivity contribution in [3.63, 3.8) is 0 Å². The summed E-state index contributed by atoms with van der Waals surface area (Å²) in [5.74, 6) is 0.221. The molecule has 0 spiro atoms. The van der Waals surface area contributed by atoms with Gasteiger partial charge in [-0.05, 0) is 98.6 Å². The number of hydrogen-bond acceptors (Lipinski definition) is 2. The van der Waals surface area contributed by atoms with Crippen molar-refractivity contribution in [2.45, 2.75) is 50.5 Å². The summed E-state index contributed by atoms with van der Waals surface area (Å²) in [4.78, 5) is 5.03. The molecule has 0 radical (unpaired) electrons. The smallest absolute Gasteiger partial charge is 0.0631 e. The van der Waals surface area contributed by atoms with Crippen LogP contribution in [-0.2, 0) is 10.8 Å². The van der Waals surface area contributed by atoms with E-state index >= 15 is 0 Å². The maximum absolute atomic E-state index is 2.52. The Labute approximate surface area is 295 Å². The molecule has 0 fully saturated rings. The van der Waals surface area contributed by atoms with Crippen LogP contribution in [0.25, 0.3) is 22.3 Å². The van der Waals surface area contributed by atoms with Gasteiger partial charge >= 0.3 is 0 Å². The highest BCUT2D eigenvalue weighted by Gasteiger charge is 2.41. The Morgan fingerprint density at radius 1 is 0.520 bits per heavy atom. The Kier molecular flexibility index (Phi) is 6.13. The van der Waals surface area contributed by atoms with Gasteiger partial charge in [-0.15, -0.1) is 0 Å². The second-order valence-electron chi connectivity index (χ2n) is 15.4. The third-order valence-corrected chi connectivity index (χ3v) is 12.0. The number of hydrogen-bond donors (Lipinski definition) is 0. The van der Waals surface area contributed by atoms with E-state index in [-0.39, 0.29) is 22.8 Å². The molecule has 0 amide bonds. The van der Waals surface area contributed by atoms with Gasteiger partial charge in [-0.2, -0.15) is 0 Å². The summed E-state index contributed by atoms with van der Waals surface area (Å²) in [6, 6.07) is 52.2. The monoisotopic (exact) mass is 644 g/mol. The summed E-state index contributed by atoms with van der Waals surface area (Å²) in [7, 11) is 0. The molecule has 6 aromatic carbocycles. The number of fused-ring (bicyclic) bond motifs is 9. The van der Waals surface area contributed by atoms with E-state index in [2.05, 4.69) is 195 Å². The predicted molar refractivity (Wildman–Crippen MR) is 209 cm³/mol. The molecule has 50 heavy (non-hydrogen) atoms. The molecule has 0 bridgehead atoms. The molecule has 0 saturated carbocycles. The van der Waals surface area contributed by atoms with Crippen LogP contribution in [-0.4, -0.2) is 6.04 Å². The molecule has 1 heterocycles. The van der Waals surface area contributed by atoms with E-state index in [4.69, 9.17) is 0 Å².